The number of aliphatic hydroxyl groups is 1. The molecular formula is C15H22N4OS. The molecular weight excluding hydrogens is 284 g/mol. The fourth-order valence-corrected chi connectivity index (χ4v) is 3.53. The van der Waals surface area contributed by atoms with E-state index in [0.29, 0.717) is 12.5 Å². The van der Waals surface area contributed by atoms with Gasteiger partial charge in [-0.15, -0.1) is 11.3 Å². The number of aromatic nitrogens is 3. The van der Waals surface area contributed by atoms with E-state index < -0.39 is 5.60 Å². The molecule has 1 aliphatic carbocycles. The summed E-state index contributed by atoms with van der Waals surface area (Å²) in [5.41, 5.74) is -0.0765. The Labute approximate surface area is 129 Å². The molecule has 2 N–H and O–H groups in total. The largest absolute Gasteiger partial charge is 0.384 e. The van der Waals surface area contributed by atoms with Crippen LogP contribution in [0, 0.1) is 0 Å². The van der Waals surface area contributed by atoms with Gasteiger partial charge in [0, 0.05) is 48.9 Å². The number of thiazole rings is 1. The van der Waals surface area contributed by atoms with E-state index in [1.165, 1.54) is 29.1 Å². The zero-order valence-corrected chi connectivity index (χ0v) is 13.4. The Hall–Kier alpha value is -1.24. The highest BCUT2D eigenvalue weighted by molar-refractivity contribution is 7.11. The van der Waals surface area contributed by atoms with E-state index in [2.05, 4.69) is 15.4 Å². The fraction of sp³-hybridized carbons (Fsp3) is 0.600. The second-order valence-electron chi connectivity index (χ2n) is 6.07. The minimum Gasteiger partial charge on any atom is -0.384 e. The molecule has 0 amide bonds. The van der Waals surface area contributed by atoms with Gasteiger partial charge in [-0.05, 0) is 19.8 Å². The van der Waals surface area contributed by atoms with Gasteiger partial charge in [0.05, 0.1) is 11.2 Å². The van der Waals surface area contributed by atoms with E-state index in [0.717, 1.165) is 12.1 Å². The molecule has 6 heteroatoms. The van der Waals surface area contributed by atoms with Crippen LogP contribution in [0.3, 0.4) is 0 Å². The van der Waals surface area contributed by atoms with Gasteiger partial charge in [-0.2, -0.15) is 5.10 Å². The average Bonchev–Trinajstić information content (AvgIpc) is 2.97. The van der Waals surface area contributed by atoms with Crippen molar-refractivity contribution in [1.82, 2.24) is 20.1 Å². The molecule has 21 heavy (non-hydrogen) atoms. The Morgan fingerprint density at radius 1 is 1.48 bits per heavy atom. The summed E-state index contributed by atoms with van der Waals surface area (Å²) in [5, 5.41) is 19.2. The van der Waals surface area contributed by atoms with Crippen molar-refractivity contribution < 1.29 is 5.11 Å². The van der Waals surface area contributed by atoms with Gasteiger partial charge >= 0.3 is 0 Å². The lowest BCUT2D eigenvalue weighted by Gasteiger charge is -2.22. The summed E-state index contributed by atoms with van der Waals surface area (Å²) >= 11 is 1.80. The van der Waals surface area contributed by atoms with Gasteiger partial charge in [0.2, 0.25) is 0 Å². The highest BCUT2D eigenvalue weighted by Gasteiger charge is 2.25. The molecule has 2 aromatic rings. The van der Waals surface area contributed by atoms with Crippen LogP contribution < -0.4 is 5.32 Å². The van der Waals surface area contributed by atoms with Crippen LogP contribution in [0.2, 0.25) is 0 Å². The number of rotatable bonds is 6. The molecule has 114 valence electrons. The topological polar surface area (TPSA) is 63.0 Å². The van der Waals surface area contributed by atoms with Crippen molar-refractivity contribution in [2.45, 2.75) is 44.2 Å². The van der Waals surface area contributed by atoms with E-state index in [4.69, 9.17) is 0 Å². The Morgan fingerprint density at radius 3 is 2.90 bits per heavy atom. The maximum Gasteiger partial charge on any atom is 0.102 e. The SMILES string of the molecule is Cn1cc(C(C)(O)CNCc2cnc(C3CCC3)s2)cn1. The van der Waals surface area contributed by atoms with Crippen LogP contribution in [-0.4, -0.2) is 26.4 Å². The van der Waals surface area contributed by atoms with Crippen molar-refractivity contribution in [1.29, 1.82) is 0 Å². The molecule has 3 rings (SSSR count). The lowest BCUT2D eigenvalue weighted by Crippen LogP contribution is -2.34. The molecule has 1 fully saturated rings. The van der Waals surface area contributed by atoms with E-state index in [1.54, 1.807) is 22.2 Å². The summed E-state index contributed by atoms with van der Waals surface area (Å²) in [7, 11) is 1.85. The maximum absolute atomic E-state index is 10.5. The predicted molar refractivity (Wildman–Crippen MR) is 83.2 cm³/mol. The van der Waals surface area contributed by atoms with E-state index in [-0.39, 0.29) is 0 Å². The normalized spacial score (nSPS) is 18.4. The van der Waals surface area contributed by atoms with E-state index in [1.807, 2.05) is 26.4 Å². The molecule has 2 aromatic heterocycles. The first-order valence-corrected chi connectivity index (χ1v) is 8.23. The van der Waals surface area contributed by atoms with Crippen molar-refractivity contribution in [3.63, 3.8) is 0 Å². The molecule has 2 heterocycles. The minimum absolute atomic E-state index is 0.495. The van der Waals surface area contributed by atoms with Crippen LogP contribution >= 0.6 is 11.3 Å². The van der Waals surface area contributed by atoms with Crippen LogP contribution in [0.5, 0.6) is 0 Å². The number of nitrogens with zero attached hydrogens (tertiary/aromatic N) is 3. The summed E-state index contributed by atoms with van der Waals surface area (Å²) in [5.74, 6) is 0.697. The molecule has 0 saturated heterocycles. The van der Waals surface area contributed by atoms with Gasteiger partial charge in [0.1, 0.15) is 5.60 Å². The van der Waals surface area contributed by atoms with Crippen molar-refractivity contribution in [3.8, 4) is 0 Å². The molecule has 0 aliphatic heterocycles. The van der Waals surface area contributed by atoms with Gasteiger partial charge in [-0.1, -0.05) is 6.42 Å². The highest BCUT2D eigenvalue weighted by atomic mass is 32.1. The van der Waals surface area contributed by atoms with E-state index in [9.17, 15) is 5.11 Å². The van der Waals surface area contributed by atoms with Crippen LogP contribution in [0.15, 0.2) is 18.6 Å². The van der Waals surface area contributed by atoms with Crippen LogP contribution in [0.1, 0.15) is 47.6 Å². The van der Waals surface area contributed by atoms with Gasteiger partial charge in [-0.25, -0.2) is 4.98 Å². The van der Waals surface area contributed by atoms with Crippen LogP contribution in [-0.2, 0) is 19.2 Å². The average molecular weight is 306 g/mol. The maximum atomic E-state index is 10.5. The van der Waals surface area contributed by atoms with Crippen molar-refractivity contribution in [2.75, 3.05) is 6.54 Å². The number of hydrogen-bond donors (Lipinski definition) is 2. The Bertz CT molecular complexity index is 600. The first kappa shape index (κ1) is 14.7. The molecule has 0 spiro atoms. The zero-order chi connectivity index (χ0) is 14.9. The van der Waals surface area contributed by atoms with Gasteiger partial charge in [0.15, 0.2) is 0 Å². The quantitative estimate of drug-likeness (QED) is 0.858. The lowest BCUT2D eigenvalue weighted by molar-refractivity contribution is 0.0566. The molecule has 0 bridgehead atoms. The number of nitrogens with one attached hydrogen (secondary N) is 1. The van der Waals surface area contributed by atoms with Gasteiger partial charge < -0.3 is 10.4 Å². The third-order valence-corrected chi connectivity index (χ3v) is 5.28. The van der Waals surface area contributed by atoms with Gasteiger partial charge in [-0.3, -0.25) is 4.68 Å². The fourth-order valence-electron chi connectivity index (χ4n) is 2.48. The first-order valence-electron chi connectivity index (χ1n) is 7.41. The molecule has 0 radical (unpaired) electrons. The molecule has 1 atom stereocenters. The lowest BCUT2D eigenvalue weighted by atomic mass is 9.86. The number of hydrogen-bond acceptors (Lipinski definition) is 5. The van der Waals surface area contributed by atoms with Crippen molar-refractivity contribution in [2.24, 2.45) is 7.05 Å². The molecule has 1 unspecified atom stereocenters. The zero-order valence-electron chi connectivity index (χ0n) is 12.5. The summed E-state index contributed by atoms with van der Waals surface area (Å²) < 4.78 is 1.71. The summed E-state index contributed by atoms with van der Waals surface area (Å²) in [6.07, 6.45) is 9.44. The molecule has 1 saturated carbocycles. The Morgan fingerprint density at radius 2 is 2.29 bits per heavy atom. The van der Waals surface area contributed by atoms with Gasteiger partial charge in [0.25, 0.3) is 0 Å². The van der Waals surface area contributed by atoms with Crippen LogP contribution in [0.25, 0.3) is 0 Å². The van der Waals surface area contributed by atoms with E-state index >= 15 is 0 Å². The second kappa shape index (κ2) is 5.87. The Balaban J connectivity index is 1.52. The smallest absolute Gasteiger partial charge is 0.102 e. The van der Waals surface area contributed by atoms with Crippen LogP contribution in [0.4, 0.5) is 0 Å². The van der Waals surface area contributed by atoms with Crippen molar-refractivity contribution >= 4 is 11.3 Å². The first-order chi connectivity index (χ1) is 10.0. The summed E-state index contributed by atoms with van der Waals surface area (Å²) in [6, 6.07) is 0. The number of aryl methyl sites for hydroxylation is 1. The highest BCUT2D eigenvalue weighted by Crippen LogP contribution is 2.38. The second-order valence-corrected chi connectivity index (χ2v) is 7.22. The standard InChI is InChI=1S/C15H22N4OS/c1-15(20,12-6-18-19(2)9-12)10-16-7-13-8-17-14(21-13)11-4-3-5-11/h6,8-9,11,16,20H,3-5,7,10H2,1-2H3. The molecule has 1 aliphatic rings. The predicted octanol–water partition coefficient (Wildman–Crippen LogP) is 2.14. The summed E-state index contributed by atoms with van der Waals surface area (Å²) in [4.78, 5) is 5.75. The molecule has 5 nitrogen and oxygen atoms in total. The summed E-state index contributed by atoms with van der Waals surface area (Å²) in [6.45, 7) is 3.06. The third-order valence-electron chi connectivity index (χ3n) is 4.12. The Kier molecular flexibility index (Phi) is 4.10. The monoisotopic (exact) mass is 306 g/mol. The molecule has 0 aromatic carbocycles. The minimum atomic E-state index is -0.907. The van der Waals surface area contributed by atoms with Crippen molar-refractivity contribution in [3.05, 3.63) is 34.0 Å². The third kappa shape index (κ3) is 3.33.